The molecule has 0 saturated heterocycles. The summed E-state index contributed by atoms with van der Waals surface area (Å²) >= 11 is 0. The predicted molar refractivity (Wildman–Crippen MR) is 77.2 cm³/mol. The van der Waals surface area contributed by atoms with Crippen LogP contribution in [-0.2, 0) is 0 Å². The van der Waals surface area contributed by atoms with Gasteiger partial charge in [0.2, 0.25) is 0 Å². The smallest absolute Gasteiger partial charge is 0.162 e. The fourth-order valence-electron chi connectivity index (χ4n) is 2.06. The van der Waals surface area contributed by atoms with Crippen molar-refractivity contribution in [1.29, 1.82) is 0 Å². The number of aliphatic hydroxyl groups excluding tert-OH is 1. The van der Waals surface area contributed by atoms with Crippen molar-refractivity contribution in [3.05, 3.63) is 71.5 Å². The van der Waals surface area contributed by atoms with Gasteiger partial charge in [0.25, 0.3) is 0 Å². The van der Waals surface area contributed by atoms with Crippen LogP contribution in [0.5, 0.6) is 0 Å². The first kappa shape index (κ1) is 13.3. The molecule has 0 aromatic heterocycles. The number of carbonyl (C=O) groups excluding carboxylic acids is 1. The summed E-state index contributed by atoms with van der Waals surface area (Å²) in [6.45, 7) is 0. The topological polar surface area (TPSA) is 37.3 Å². The number of benzene rings is 1. The van der Waals surface area contributed by atoms with Gasteiger partial charge in [-0.25, -0.2) is 0 Å². The van der Waals surface area contributed by atoms with E-state index < -0.39 is 0 Å². The van der Waals surface area contributed by atoms with E-state index in [0.717, 1.165) is 24.0 Å². The lowest BCUT2D eigenvalue weighted by Crippen LogP contribution is -1.98. The molecule has 0 heterocycles. The average molecular weight is 254 g/mol. The minimum absolute atomic E-state index is 0.174. The number of hydrogen-bond acceptors (Lipinski definition) is 2. The number of rotatable bonds is 6. The minimum atomic E-state index is 0.174. The molecule has 98 valence electrons. The molecule has 0 aliphatic heterocycles. The van der Waals surface area contributed by atoms with Crippen LogP contribution >= 0.6 is 0 Å². The van der Waals surface area contributed by atoms with Crippen molar-refractivity contribution >= 4 is 5.78 Å². The number of carbonyl (C=O) groups is 1. The second-order valence-corrected chi connectivity index (χ2v) is 4.62. The molecule has 0 amide bonds. The zero-order valence-corrected chi connectivity index (χ0v) is 10.9. The molecule has 1 aromatic carbocycles. The van der Waals surface area contributed by atoms with Crippen LogP contribution in [0.15, 0.2) is 66.0 Å². The molecule has 0 atom stereocenters. The van der Waals surface area contributed by atoms with Crippen molar-refractivity contribution in [2.24, 2.45) is 0 Å². The Balaban J connectivity index is 1.73. The zero-order chi connectivity index (χ0) is 13.5. The van der Waals surface area contributed by atoms with Crippen LogP contribution < -0.4 is 0 Å². The summed E-state index contributed by atoms with van der Waals surface area (Å²) in [7, 11) is 0. The van der Waals surface area contributed by atoms with Crippen LogP contribution in [0.2, 0.25) is 0 Å². The number of ketones is 1. The zero-order valence-electron chi connectivity index (χ0n) is 10.9. The van der Waals surface area contributed by atoms with Gasteiger partial charge in [-0.05, 0) is 12.8 Å². The molecule has 2 rings (SSSR count). The van der Waals surface area contributed by atoms with E-state index in [4.69, 9.17) is 0 Å². The predicted octanol–water partition coefficient (Wildman–Crippen LogP) is 4.37. The summed E-state index contributed by atoms with van der Waals surface area (Å²) < 4.78 is 0. The number of hydrogen-bond donors (Lipinski definition) is 1. The maximum absolute atomic E-state index is 11.8. The Bertz CT molecular complexity index is 507. The van der Waals surface area contributed by atoms with Gasteiger partial charge in [-0.15, -0.1) is 0 Å². The summed E-state index contributed by atoms with van der Waals surface area (Å²) in [6.07, 6.45) is 10.4. The van der Waals surface area contributed by atoms with E-state index in [-0.39, 0.29) is 5.78 Å². The Morgan fingerprint density at radius 1 is 0.947 bits per heavy atom. The summed E-state index contributed by atoms with van der Waals surface area (Å²) in [6, 6.07) is 9.35. The summed E-state index contributed by atoms with van der Waals surface area (Å²) in [5, 5.41) is 9.82. The summed E-state index contributed by atoms with van der Waals surface area (Å²) in [5.41, 5.74) is 1.65. The van der Waals surface area contributed by atoms with Crippen LogP contribution in [0.3, 0.4) is 0 Å². The number of aliphatic hydroxyl groups is 1. The fourth-order valence-corrected chi connectivity index (χ4v) is 2.06. The van der Waals surface area contributed by atoms with Gasteiger partial charge in [0.05, 0.1) is 5.76 Å². The lowest BCUT2D eigenvalue weighted by Gasteiger charge is -2.03. The maximum Gasteiger partial charge on any atom is 0.162 e. The van der Waals surface area contributed by atoms with Crippen LogP contribution in [-0.4, -0.2) is 10.9 Å². The van der Waals surface area contributed by atoms with Crippen molar-refractivity contribution in [2.75, 3.05) is 0 Å². The molecule has 19 heavy (non-hydrogen) atoms. The Morgan fingerprint density at radius 2 is 1.58 bits per heavy atom. The van der Waals surface area contributed by atoms with E-state index in [2.05, 4.69) is 0 Å². The molecular weight excluding hydrogens is 236 g/mol. The molecule has 2 nitrogen and oxygen atoms in total. The quantitative estimate of drug-likeness (QED) is 0.465. The van der Waals surface area contributed by atoms with Gasteiger partial charge in [0.15, 0.2) is 5.78 Å². The molecule has 0 radical (unpaired) electrons. The molecule has 0 spiro atoms. The van der Waals surface area contributed by atoms with Crippen molar-refractivity contribution in [2.45, 2.75) is 25.7 Å². The van der Waals surface area contributed by atoms with Crippen LogP contribution in [0, 0.1) is 0 Å². The van der Waals surface area contributed by atoms with Crippen LogP contribution in [0.1, 0.15) is 36.0 Å². The maximum atomic E-state index is 11.8. The first-order chi connectivity index (χ1) is 9.27. The van der Waals surface area contributed by atoms with E-state index >= 15 is 0 Å². The van der Waals surface area contributed by atoms with E-state index in [1.807, 2.05) is 54.6 Å². The number of unbranched alkanes of at least 4 members (excludes halogenated alkanes) is 1. The Morgan fingerprint density at radius 3 is 2.26 bits per heavy atom. The Kier molecular flexibility index (Phi) is 4.73. The highest BCUT2D eigenvalue weighted by Gasteiger charge is 2.06. The largest absolute Gasteiger partial charge is 0.512 e. The normalized spacial score (nSPS) is 12.9. The third kappa shape index (κ3) is 3.95. The molecule has 1 aromatic rings. The molecule has 2 heteroatoms. The van der Waals surface area contributed by atoms with Gasteiger partial charge < -0.3 is 5.11 Å². The molecule has 0 saturated carbocycles. The first-order valence-corrected chi connectivity index (χ1v) is 6.62. The highest BCUT2D eigenvalue weighted by Crippen LogP contribution is 2.17. The van der Waals surface area contributed by atoms with Gasteiger partial charge >= 0.3 is 0 Å². The molecule has 0 unspecified atom stereocenters. The second kappa shape index (κ2) is 6.74. The third-order valence-corrected chi connectivity index (χ3v) is 3.16. The van der Waals surface area contributed by atoms with Gasteiger partial charge in [0.1, 0.15) is 0 Å². The second-order valence-electron chi connectivity index (χ2n) is 4.62. The molecule has 1 N–H and O–H groups in total. The first-order valence-electron chi connectivity index (χ1n) is 6.62. The molecule has 0 bridgehead atoms. The highest BCUT2D eigenvalue weighted by atomic mass is 16.3. The van der Waals surface area contributed by atoms with E-state index in [9.17, 15) is 9.90 Å². The minimum Gasteiger partial charge on any atom is -0.512 e. The highest BCUT2D eigenvalue weighted by molar-refractivity contribution is 5.95. The fraction of sp³-hybridized carbons (Fsp3) is 0.235. The van der Waals surface area contributed by atoms with Gasteiger partial charge in [-0.1, -0.05) is 54.6 Å². The molecule has 0 fully saturated rings. The van der Waals surface area contributed by atoms with Crippen LogP contribution in [0.25, 0.3) is 0 Å². The van der Waals surface area contributed by atoms with Gasteiger partial charge in [-0.2, -0.15) is 0 Å². The third-order valence-electron chi connectivity index (χ3n) is 3.16. The van der Waals surface area contributed by atoms with Crippen LogP contribution in [0.4, 0.5) is 0 Å². The molecule has 1 aliphatic rings. The average Bonchev–Trinajstić information content (AvgIpc) is 2.98. The van der Waals surface area contributed by atoms with Crippen molar-refractivity contribution in [3.63, 3.8) is 0 Å². The molecule has 1 aliphatic carbocycles. The Labute approximate surface area is 113 Å². The van der Waals surface area contributed by atoms with E-state index in [0.29, 0.717) is 18.6 Å². The van der Waals surface area contributed by atoms with Crippen molar-refractivity contribution in [3.8, 4) is 0 Å². The number of Topliss-reactive ketones (excluding diaryl/α,β-unsaturated/α-hetero) is 1. The summed E-state index contributed by atoms with van der Waals surface area (Å²) in [4.78, 5) is 11.8. The lowest BCUT2D eigenvalue weighted by atomic mass is 10.0. The van der Waals surface area contributed by atoms with Gasteiger partial charge in [0, 0.05) is 24.0 Å². The monoisotopic (exact) mass is 254 g/mol. The SMILES string of the molecule is O=C(CCCCC(O)=C1C=CC=C1)c1ccccc1. The lowest BCUT2D eigenvalue weighted by molar-refractivity contribution is 0.0979. The van der Waals surface area contributed by atoms with Crippen molar-refractivity contribution < 1.29 is 9.90 Å². The Hall–Kier alpha value is -2.09. The van der Waals surface area contributed by atoms with E-state index in [1.165, 1.54) is 0 Å². The number of allylic oxidation sites excluding steroid dienone is 6. The standard InChI is InChI=1S/C17H18O2/c18-16(14-8-2-1-3-9-14)12-6-7-13-17(19)15-10-4-5-11-15/h1-5,8-11,19H,6-7,12-13H2. The summed E-state index contributed by atoms with van der Waals surface area (Å²) in [5.74, 6) is 0.588. The van der Waals surface area contributed by atoms with Crippen molar-refractivity contribution in [1.82, 2.24) is 0 Å². The van der Waals surface area contributed by atoms with Gasteiger partial charge in [-0.3, -0.25) is 4.79 Å². The molecular formula is C17H18O2. The van der Waals surface area contributed by atoms with E-state index in [1.54, 1.807) is 0 Å².